The minimum absolute atomic E-state index is 0.155. The number of halogens is 2. The second kappa shape index (κ2) is 7.40. The van der Waals surface area contributed by atoms with Crippen LogP contribution < -0.4 is 9.64 Å². The van der Waals surface area contributed by atoms with Gasteiger partial charge in [-0.25, -0.2) is 8.78 Å². The maximum atomic E-state index is 14.3. The Morgan fingerprint density at radius 2 is 1.56 bits per heavy atom. The van der Waals surface area contributed by atoms with Gasteiger partial charge in [-0.2, -0.15) is 0 Å². The number of ether oxygens (including phenoxy) is 1. The number of para-hydroxylation sites is 2. The standard InChI is InChI=1S/C21H15F2NO2S/c22-17-10-5-11-18(23)20(17)24-19(25)13-27-21(24)14-6-4-9-16(12-14)26-15-7-2-1-3-8-15/h1-12,21H,13H2/t21-/m1/s1. The SMILES string of the molecule is O=C1CS[C@H](c2cccc(Oc3ccccc3)c2)N1c1c(F)cccc1F. The van der Waals surface area contributed by atoms with Crippen LogP contribution in [0.15, 0.2) is 72.8 Å². The van der Waals surface area contributed by atoms with E-state index in [-0.39, 0.29) is 17.3 Å². The predicted molar refractivity (Wildman–Crippen MR) is 102 cm³/mol. The minimum atomic E-state index is -0.757. The van der Waals surface area contributed by atoms with Crippen LogP contribution in [0.5, 0.6) is 11.5 Å². The summed E-state index contributed by atoms with van der Waals surface area (Å²) in [7, 11) is 0. The Balaban J connectivity index is 1.68. The van der Waals surface area contributed by atoms with Crippen molar-refractivity contribution in [3.8, 4) is 11.5 Å². The Hall–Kier alpha value is -2.86. The largest absolute Gasteiger partial charge is 0.457 e. The molecule has 1 atom stereocenters. The van der Waals surface area contributed by atoms with E-state index in [0.29, 0.717) is 11.5 Å². The second-order valence-corrected chi connectivity index (χ2v) is 7.05. The molecule has 1 aliphatic rings. The van der Waals surface area contributed by atoms with Gasteiger partial charge >= 0.3 is 0 Å². The van der Waals surface area contributed by atoms with Crippen LogP contribution in [0.4, 0.5) is 14.5 Å². The molecule has 0 aliphatic carbocycles. The highest BCUT2D eigenvalue weighted by molar-refractivity contribution is 8.00. The first-order valence-corrected chi connectivity index (χ1v) is 9.39. The average Bonchev–Trinajstić information content (AvgIpc) is 3.04. The molecule has 1 aliphatic heterocycles. The van der Waals surface area contributed by atoms with Gasteiger partial charge < -0.3 is 4.74 Å². The molecule has 0 N–H and O–H groups in total. The number of carbonyl (C=O) groups is 1. The molecule has 0 spiro atoms. The van der Waals surface area contributed by atoms with Crippen molar-refractivity contribution in [1.29, 1.82) is 0 Å². The lowest BCUT2D eigenvalue weighted by Gasteiger charge is -2.25. The fraction of sp³-hybridized carbons (Fsp3) is 0.0952. The number of rotatable bonds is 4. The molecule has 0 aromatic heterocycles. The number of hydrogen-bond donors (Lipinski definition) is 0. The van der Waals surface area contributed by atoms with Crippen molar-refractivity contribution in [2.45, 2.75) is 5.37 Å². The molecular weight excluding hydrogens is 368 g/mol. The summed E-state index contributed by atoms with van der Waals surface area (Å²) in [6.45, 7) is 0. The lowest BCUT2D eigenvalue weighted by molar-refractivity contribution is -0.115. The third-order valence-corrected chi connectivity index (χ3v) is 5.38. The smallest absolute Gasteiger partial charge is 0.238 e. The van der Waals surface area contributed by atoms with E-state index >= 15 is 0 Å². The van der Waals surface area contributed by atoms with E-state index in [2.05, 4.69) is 0 Å². The Labute approximate surface area is 159 Å². The molecule has 1 heterocycles. The van der Waals surface area contributed by atoms with Crippen molar-refractivity contribution in [3.05, 3.63) is 90.0 Å². The lowest BCUT2D eigenvalue weighted by atomic mass is 10.1. The third kappa shape index (κ3) is 3.53. The van der Waals surface area contributed by atoms with Gasteiger partial charge in [0.25, 0.3) is 0 Å². The first-order valence-electron chi connectivity index (χ1n) is 8.34. The number of carbonyl (C=O) groups excluding carboxylic acids is 1. The number of anilines is 1. The summed E-state index contributed by atoms with van der Waals surface area (Å²) in [5.74, 6) is -0.416. The fourth-order valence-electron chi connectivity index (χ4n) is 2.99. The van der Waals surface area contributed by atoms with Crippen molar-refractivity contribution in [3.63, 3.8) is 0 Å². The zero-order valence-corrected chi connectivity index (χ0v) is 15.0. The number of benzene rings is 3. The Kier molecular flexibility index (Phi) is 4.81. The molecule has 1 amide bonds. The maximum Gasteiger partial charge on any atom is 0.238 e. The molecule has 136 valence electrons. The topological polar surface area (TPSA) is 29.5 Å². The molecule has 0 unspecified atom stereocenters. The van der Waals surface area contributed by atoms with Crippen LogP contribution in [0.25, 0.3) is 0 Å². The Bertz CT molecular complexity index is 961. The van der Waals surface area contributed by atoms with Crippen molar-refractivity contribution in [2.24, 2.45) is 0 Å². The van der Waals surface area contributed by atoms with E-state index in [1.165, 1.54) is 22.7 Å². The monoisotopic (exact) mass is 383 g/mol. The summed E-state index contributed by atoms with van der Waals surface area (Å²) in [4.78, 5) is 13.6. The van der Waals surface area contributed by atoms with Crippen molar-refractivity contribution < 1.29 is 18.3 Å². The second-order valence-electron chi connectivity index (χ2n) is 5.98. The van der Waals surface area contributed by atoms with Gasteiger partial charge in [-0.3, -0.25) is 9.69 Å². The highest BCUT2D eigenvalue weighted by Gasteiger charge is 2.37. The van der Waals surface area contributed by atoms with Crippen LogP contribution in [-0.2, 0) is 4.79 Å². The predicted octanol–water partition coefficient (Wildman–Crippen LogP) is 5.54. The molecule has 3 aromatic carbocycles. The fourth-order valence-corrected chi connectivity index (χ4v) is 4.14. The molecule has 27 heavy (non-hydrogen) atoms. The van der Waals surface area contributed by atoms with E-state index < -0.39 is 17.0 Å². The molecule has 3 nitrogen and oxygen atoms in total. The molecule has 0 saturated carbocycles. The van der Waals surface area contributed by atoms with Crippen molar-refractivity contribution >= 4 is 23.4 Å². The zero-order valence-electron chi connectivity index (χ0n) is 14.1. The van der Waals surface area contributed by atoms with Gasteiger partial charge in [-0.1, -0.05) is 36.4 Å². The molecule has 1 saturated heterocycles. The summed E-state index contributed by atoms with van der Waals surface area (Å²) in [5.41, 5.74) is 0.425. The number of amides is 1. The Morgan fingerprint density at radius 3 is 2.30 bits per heavy atom. The third-order valence-electron chi connectivity index (χ3n) is 4.17. The minimum Gasteiger partial charge on any atom is -0.457 e. The molecule has 6 heteroatoms. The van der Waals surface area contributed by atoms with Gasteiger partial charge in [0.1, 0.15) is 34.2 Å². The van der Waals surface area contributed by atoms with Gasteiger partial charge in [-0.05, 0) is 42.0 Å². The number of hydrogen-bond acceptors (Lipinski definition) is 3. The van der Waals surface area contributed by atoms with E-state index in [1.807, 2.05) is 36.4 Å². The average molecular weight is 383 g/mol. The zero-order chi connectivity index (χ0) is 18.8. The molecule has 1 fully saturated rings. The quantitative estimate of drug-likeness (QED) is 0.593. The van der Waals surface area contributed by atoms with E-state index in [1.54, 1.807) is 18.2 Å². The number of nitrogens with zero attached hydrogens (tertiary/aromatic N) is 1. The summed E-state index contributed by atoms with van der Waals surface area (Å²) in [5, 5.41) is -0.525. The van der Waals surface area contributed by atoms with Crippen LogP contribution in [0, 0.1) is 11.6 Å². The molecule has 4 rings (SSSR count). The van der Waals surface area contributed by atoms with Crippen molar-refractivity contribution in [1.82, 2.24) is 0 Å². The van der Waals surface area contributed by atoms with Gasteiger partial charge in [0.2, 0.25) is 5.91 Å². The van der Waals surface area contributed by atoms with Gasteiger partial charge in [0, 0.05) is 0 Å². The van der Waals surface area contributed by atoms with Gasteiger partial charge in [0.15, 0.2) is 0 Å². The van der Waals surface area contributed by atoms with Crippen LogP contribution in [0.2, 0.25) is 0 Å². The molecule has 0 radical (unpaired) electrons. The Morgan fingerprint density at radius 1 is 0.889 bits per heavy atom. The van der Waals surface area contributed by atoms with Crippen LogP contribution >= 0.6 is 11.8 Å². The highest BCUT2D eigenvalue weighted by Crippen LogP contribution is 2.44. The first kappa shape index (κ1) is 17.5. The van der Waals surface area contributed by atoms with Crippen molar-refractivity contribution in [2.75, 3.05) is 10.7 Å². The normalized spacial score (nSPS) is 16.6. The van der Waals surface area contributed by atoms with Crippen LogP contribution in [0.3, 0.4) is 0 Å². The summed E-state index contributed by atoms with van der Waals surface area (Å²) in [6, 6.07) is 20.1. The van der Waals surface area contributed by atoms with Gasteiger partial charge in [-0.15, -0.1) is 11.8 Å². The number of thioether (sulfide) groups is 1. The molecular formula is C21H15F2NO2S. The van der Waals surface area contributed by atoms with E-state index in [0.717, 1.165) is 17.7 Å². The summed E-state index contributed by atoms with van der Waals surface area (Å²) in [6.07, 6.45) is 0. The van der Waals surface area contributed by atoms with Crippen LogP contribution in [-0.4, -0.2) is 11.7 Å². The summed E-state index contributed by atoms with van der Waals surface area (Å²) < 4.78 is 34.4. The lowest BCUT2D eigenvalue weighted by Crippen LogP contribution is -2.29. The first-order chi connectivity index (χ1) is 13.1. The highest BCUT2D eigenvalue weighted by atomic mass is 32.2. The summed E-state index contributed by atoms with van der Waals surface area (Å²) >= 11 is 1.33. The van der Waals surface area contributed by atoms with E-state index in [4.69, 9.17) is 4.74 Å². The van der Waals surface area contributed by atoms with Gasteiger partial charge in [0.05, 0.1) is 5.75 Å². The van der Waals surface area contributed by atoms with Crippen LogP contribution in [0.1, 0.15) is 10.9 Å². The molecule has 3 aromatic rings. The van der Waals surface area contributed by atoms with E-state index in [9.17, 15) is 13.6 Å². The maximum absolute atomic E-state index is 14.3. The molecule has 0 bridgehead atoms.